The Hall–Kier alpha value is -0.660. The quantitative estimate of drug-likeness (QED) is 0.578. The summed E-state index contributed by atoms with van der Waals surface area (Å²) >= 11 is 0. The average molecular weight is 154 g/mol. The van der Waals surface area contributed by atoms with Crippen molar-refractivity contribution in [2.45, 2.75) is 39.0 Å². The molecular weight excluding hydrogens is 140 g/mol. The molecule has 0 spiro atoms. The van der Waals surface area contributed by atoms with Gasteiger partial charge in [-0.05, 0) is 12.8 Å². The molecule has 11 heavy (non-hydrogen) atoms. The van der Waals surface area contributed by atoms with Gasteiger partial charge in [0.15, 0.2) is 0 Å². The minimum Gasteiger partial charge on any atom is -0.299 e. The Kier molecular flexibility index (Phi) is 2.80. The Morgan fingerprint density at radius 1 is 1.36 bits per heavy atom. The van der Waals surface area contributed by atoms with Gasteiger partial charge < -0.3 is 0 Å². The Morgan fingerprint density at radius 3 is 2.36 bits per heavy atom. The van der Waals surface area contributed by atoms with Crippen molar-refractivity contribution in [3.8, 4) is 0 Å². The highest BCUT2D eigenvalue weighted by atomic mass is 16.1. The Labute approximate surface area is 67.0 Å². The molecule has 0 heterocycles. The highest BCUT2D eigenvalue weighted by molar-refractivity contribution is 6.00. The Morgan fingerprint density at radius 2 is 2.00 bits per heavy atom. The summed E-state index contributed by atoms with van der Waals surface area (Å²) in [6.07, 6.45) is 3.86. The topological polar surface area (TPSA) is 34.1 Å². The van der Waals surface area contributed by atoms with Crippen molar-refractivity contribution in [3.63, 3.8) is 0 Å². The highest BCUT2D eigenvalue weighted by Gasteiger charge is 2.25. The van der Waals surface area contributed by atoms with Crippen LogP contribution in [0.25, 0.3) is 0 Å². The van der Waals surface area contributed by atoms with Gasteiger partial charge in [-0.2, -0.15) is 0 Å². The van der Waals surface area contributed by atoms with Crippen LogP contribution in [0.1, 0.15) is 39.0 Å². The predicted molar refractivity (Wildman–Crippen MR) is 42.3 cm³/mol. The summed E-state index contributed by atoms with van der Waals surface area (Å²) in [5.41, 5.74) is 0. The molecule has 0 radical (unpaired) electrons. The third-order valence-electron chi connectivity index (χ3n) is 2.33. The van der Waals surface area contributed by atoms with E-state index in [1.165, 1.54) is 0 Å². The smallest absolute Gasteiger partial charge is 0.143 e. The molecule has 0 amide bonds. The highest BCUT2D eigenvalue weighted by Crippen LogP contribution is 2.28. The third kappa shape index (κ3) is 2.14. The van der Waals surface area contributed by atoms with Crippen molar-refractivity contribution in [2.75, 3.05) is 0 Å². The second kappa shape index (κ2) is 3.65. The molecule has 2 nitrogen and oxygen atoms in total. The normalized spacial score (nSPS) is 17.5. The van der Waals surface area contributed by atoms with E-state index in [0.717, 1.165) is 19.3 Å². The monoisotopic (exact) mass is 154 g/mol. The molecule has 1 aliphatic rings. The molecule has 1 fully saturated rings. The van der Waals surface area contributed by atoms with Gasteiger partial charge in [-0.1, -0.05) is 13.3 Å². The maximum Gasteiger partial charge on any atom is 0.143 e. The maximum atomic E-state index is 11.2. The SMILES string of the molecule is CCC(=O)CC(=O)C1CCC1. The molecular formula is C9H14O2. The number of hydrogen-bond acceptors (Lipinski definition) is 2. The van der Waals surface area contributed by atoms with Crippen LogP contribution in [-0.2, 0) is 9.59 Å². The van der Waals surface area contributed by atoms with E-state index < -0.39 is 0 Å². The van der Waals surface area contributed by atoms with Crippen LogP contribution in [0, 0.1) is 5.92 Å². The number of rotatable bonds is 4. The van der Waals surface area contributed by atoms with Gasteiger partial charge in [0.25, 0.3) is 0 Å². The summed E-state index contributed by atoms with van der Waals surface area (Å²) in [5, 5.41) is 0. The van der Waals surface area contributed by atoms with E-state index in [1.807, 2.05) is 0 Å². The standard InChI is InChI=1S/C9H14O2/c1-2-8(10)6-9(11)7-4-3-5-7/h7H,2-6H2,1H3. The fraction of sp³-hybridized carbons (Fsp3) is 0.778. The van der Waals surface area contributed by atoms with Gasteiger partial charge in [-0.25, -0.2) is 0 Å². The molecule has 0 unspecified atom stereocenters. The van der Waals surface area contributed by atoms with Crippen LogP contribution in [0.3, 0.4) is 0 Å². The summed E-state index contributed by atoms with van der Waals surface area (Å²) < 4.78 is 0. The van der Waals surface area contributed by atoms with Crippen molar-refractivity contribution in [1.29, 1.82) is 0 Å². The van der Waals surface area contributed by atoms with Crippen LogP contribution in [0.5, 0.6) is 0 Å². The fourth-order valence-corrected chi connectivity index (χ4v) is 1.19. The molecule has 0 atom stereocenters. The summed E-state index contributed by atoms with van der Waals surface area (Å²) in [4.78, 5) is 22.0. The molecule has 0 saturated heterocycles. The fourth-order valence-electron chi connectivity index (χ4n) is 1.19. The van der Waals surface area contributed by atoms with E-state index >= 15 is 0 Å². The molecule has 2 heteroatoms. The first-order chi connectivity index (χ1) is 5.24. The van der Waals surface area contributed by atoms with E-state index in [-0.39, 0.29) is 23.9 Å². The summed E-state index contributed by atoms with van der Waals surface area (Å²) in [6, 6.07) is 0. The Bertz CT molecular complexity index is 168. The second-order valence-electron chi connectivity index (χ2n) is 3.16. The minimum atomic E-state index is 0.0851. The van der Waals surface area contributed by atoms with Gasteiger partial charge in [0.2, 0.25) is 0 Å². The number of hydrogen-bond donors (Lipinski definition) is 0. The lowest BCUT2D eigenvalue weighted by Crippen LogP contribution is -2.23. The van der Waals surface area contributed by atoms with Crippen LogP contribution in [0.15, 0.2) is 0 Å². The van der Waals surface area contributed by atoms with Crippen molar-refractivity contribution in [2.24, 2.45) is 5.92 Å². The van der Waals surface area contributed by atoms with E-state index in [4.69, 9.17) is 0 Å². The number of Topliss-reactive ketones (excluding diaryl/α,β-unsaturated/α-hetero) is 2. The van der Waals surface area contributed by atoms with Crippen LogP contribution in [0.2, 0.25) is 0 Å². The lowest BCUT2D eigenvalue weighted by atomic mass is 9.80. The molecule has 1 rings (SSSR count). The van der Waals surface area contributed by atoms with Gasteiger partial charge >= 0.3 is 0 Å². The largest absolute Gasteiger partial charge is 0.299 e. The molecule has 1 aliphatic carbocycles. The zero-order chi connectivity index (χ0) is 8.27. The van der Waals surface area contributed by atoms with Crippen LogP contribution < -0.4 is 0 Å². The second-order valence-corrected chi connectivity index (χ2v) is 3.16. The van der Waals surface area contributed by atoms with E-state index in [2.05, 4.69) is 0 Å². The average Bonchev–Trinajstić information content (AvgIpc) is 1.83. The molecule has 0 aromatic heterocycles. The van der Waals surface area contributed by atoms with E-state index in [9.17, 15) is 9.59 Å². The van der Waals surface area contributed by atoms with Crippen molar-refractivity contribution >= 4 is 11.6 Å². The van der Waals surface area contributed by atoms with Gasteiger partial charge in [-0.15, -0.1) is 0 Å². The van der Waals surface area contributed by atoms with Crippen molar-refractivity contribution < 1.29 is 9.59 Å². The molecule has 0 aliphatic heterocycles. The molecule has 0 bridgehead atoms. The zero-order valence-electron chi connectivity index (χ0n) is 6.93. The van der Waals surface area contributed by atoms with Gasteiger partial charge in [0, 0.05) is 12.3 Å². The number of ketones is 2. The summed E-state index contributed by atoms with van der Waals surface area (Å²) in [5.74, 6) is 0.482. The summed E-state index contributed by atoms with van der Waals surface area (Å²) in [6.45, 7) is 1.80. The zero-order valence-corrected chi connectivity index (χ0v) is 6.93. The van der Waals surface area contributed by atoms with Gasteiger partial charge in [0.1, 0.15) is 11.6 Å². The first-order valence-electron chi connectivity index (χ1n) is 4.28. The lowest BCUT2D eigenvalue weighted by Gasteiger charge is -2.23. The maximum absolute atomic E-state index is 11.2. The Balaban J connectivity index is 2.25. The molecule has 0 N–H and O–H groups in total. The molecule has 1 saturated carbocycles. The van der Waals surface area contributed by atoms with Gasteiger partial charge in [0.05, 0.1) is 6.42 Å². The number of carbonyl (C=O) groups excluding carboxylic acids is 2. The lowest BCUT2D eigenvalue weighted by molar-refractivity contribution is -0.130. The third-order valence-corrected chi connectivity index (χ3v) is 2.33. The molecule has 62 valence electrons. The molecule has 0 aromatic rings. The molecule has 0 aromatic carbocycles. The first kappa shape index (κ1) is 8.44. The van der Waals surface area contributed by atoms with Gasteiger partial charge in [-0.3, -0.25) is 9.59 Å². The first-order valence-corrected chi connectivity index (χ1v) is 4.28. The van der Waals surface area contributed by atoms with Crippen LogP contribution in [-0.4, -0.2) is 11.6 Å². The van der Waals surface area contributed by atoms with Crippen molar-refractivity contribution in [3.05, 3.63) is 0 Å². The predicted octanol–water partition coefficient (Wildman–Crippen LogP) is 1.72. The minimum absolute atomic E-state index is 0.0851. The van der Waals surface area contributed by atoms with E-state index in [0.29, 0.717) is 6.42 Å². The van der Waals surface area contributed by atoms with Crippen LogP contribution >= 0.6 is 0 Å². The summed E-state index contributed by atoms with van der Waals surface area (Å²) in [7, 11) is 0. The number of carbonyl (C=O) groups is 2. The van der Waals surface area contributed by atoms with Crippen molar-refractivity contribution in [1.82, 2.24) is 0 Å². The van der Waals surface area contributed by atoms with Crippen LogP contribution in [0.4, 0.5) is 0 Å². The van der Waals surface area contributed by atoms with E-state index in [1.54, 1.807) is 6.92 Å².